The fourth-order valence-corrected chi connectivity index (χ4v) is 6.84. The number of piperazine rings is 1. The monoisotopic (exact) mass is 628 g/mol. The first-order valence-electron chi connectivity index (χ1n) is 12.5. The third-order valence-electron chi connectivity index (χ3n) is 6.35. The number of aryl methyl sites for hydroxylation is 1. The molecule has 1 saturated heterocycles. The van der Waals surface area contributed by atoms with E-state index < -0.39 is 40.1 Å². The molecule has 226 valence electrons. The Bertz CT molecular complexity index is 1530. The highest BCUT2D eigenvalue weighted by Crippen LogP contribution is 2.31. The summed E-state index contributed by atoms with van der Waals surface area (Å²) in [6.07, 6.45) is -4.95. The van der Waals surface area contributed by atoms with E-state index in [9.17, 15) is 36.3 Å². The van der Waals surface area contributed by atoms with Crippen LogP contribution < -0.4 is 15.0 Å². The van der Waals surface area contributed by atoms with E-state index in [4.69, 9.17) is 4.74 Å². The number of alkyl halides is 3. The van der Waals surface area contributed by atoms with Gasteiger partial charge in [-0.2, -0.15) is 4.31 Å². The fourth-order valence-electron chi connectivity index (χ4n) is 4.33. The normalized spacial score (nSPS) is 16.3. The van der Waals surface area contributed by atoms with Crippen LogP contribution in [0.3, 0.4) is 0 Å². The standard InChI is InChI=1S/C26H27F3N4O7S2/c1-16-22(24(35)36)41-25(31-16)32-11-12-33(42(37,38)20-9-7-19(8-10-20)40-26(27,28)29)21(14-32)23(34)30-13-17-3-5-18(6-4-17)15-39-2/h3-10,21H,11-15H2,1-2H3,(H,30,34)(H,35,36). The lowest BCUT2D eigenvalue weighted by molar-refractivity contribution is -0.274. The first-order chi connectivity index (χ1) is 19.8. The van der Waals surface area contributed by atoms with Gasteiger partial charge in [0.1, 0.15) is 16.7 Å². The molecule has 2 aromatic carbocycles. The average Bonchev–Trinajstić information content (AvgIpc) is 3.33. The SMILES string of the molecule is COCc1ccc(CNC(=O)C2CN(c3nc(C)c(C(=O)O)s3)CCN2S(=O)(=O)c2ccc(OC(F)(F)F)cc2)cc1. The van der Waals surface area contributed by atoms with Crippen LogP contribution in [0.1, 0.15) is 26.5 Å². The van der Waals surface area contributed by atoms with Gasteiger partial charge in [0.25, 0.3) is 0 Å². The van der Waals surface area contributed by atoms with Gasteiger partial charge in [0.05, 0.1) is 17.2 Å². The maximum absolute atomic E-state index is 13.6. The smallest absolute Gasteiger partial charge is 0.477 e. The lowest BCUT2D eigenvalue weighted by Crippen LogP contribution is -2.60. The number of carboxylic acids is 1. The number of thiazole rings is 1. The van der Waals surface area contributed by atoms with Gasteiger partial charge in [-0.05, 0) is 42.3 Å². The lowest BCUT2D eigenvalue weighted by atomic mass is 10.1. The highest BCUT2D eigenvalue weighted by molar-refractivity contribution is 7.89. The molecule has 0 radical (unpaired) electrons. The molecule has 0 saturated carbocycles. The van der Waals surface area contributed by atoms with Crippen molar-refractivity contribution in [2.45, 2.75) is 37.4 Å². The molecule has 1 aliphatic heterocycles. The van der Waals surface area contributed by atoms with Crippen molar-refractivity contribution in [3.63, 3.8) is 0 Å². The van der Waals surface area contributed by atoms with E-state index >= 15 is 0 Å². The molecular weight excluding hydrogens is 601 g/mol. The predicted molar refractivity (Wildman–Crippen MR) is 146 cm³/mol. The van der Waals surface area contributed by atoms with Crippen LogP contribution in [0.4, 0.5) is 18.3 Å². The molecule has 1 aliphatic rings. The molecule has 1 fully saturated rings. The Labute approximate surface area is 243 Å². The van der Waals surface area contributed by atoms with Crippen molar-refractivity contribution in [2.75, 3.05) is 31.6 Å². The fraction of sp³-hybridized carbons (Fsp3) is 0.346. The minimum atomic E-state index is -4.95. The van der Waals surface area contributed by atoms with Crippen molar-refractivity contribution in [3.05, 3.63) is 70.2 Å². The van der Waals surface area contributed by atoms with Crippen LogP contribution in [0, 0.1) is 6.92 Å². The van der Waals surface area contributed by atoms with E-state index in [1.807, 2.05) is 12.1 Å². The van der Waals surface area contributed by atoms with Crippen molar-refractivity contribution < 1.29 is 45.8 Å². The van der Waals surface area contributed by atoms with Gasteiger partial charge in [-0.1, -0.05) is 35.6 Å². The number of halogens is 3. The first-order valence-corrected chi connectivity index (χ1v) is 14.7. The molecule has 2 heterocycles. The summed E-state index contributed by atoms with van der Waals surface area (Å²) in [7, 11) is -2.78. The van der Waals surface area contributed by atoms with Gasteiger partial charge in [-0.25, -0.2) is 18.2 Å². The lowest BCUT2D eigenvalue weighted by Gasteiger charge is -2.39. The molecule has 42 heavy (non-hydrogen) atoms. The molecule has 1 atom stereocenters. The zero-order valence-corrected chi connectivity index (χ0v) is 24.1. The van der Waals surface area contributed by atoms with Crippen LogP contribution in [0.15, 0.2) is 53.4 Å². The number of benzene rings is 2. The maximum Gasteiger partial charge on any atom is 0.573 e. The topological polar surface area (TPSA) is 138 Å². The number of methoxy groups -OCH3 is 1. The number of hydrogen-bond donors (Lipinski definition) is 2. The van der Waals surface area contributed by atoms with Gasteiger partial charge < -0.3 is 24.8 Å². The number of sulfonamides is 1. The number of hydrogen-bond acceptors (Lipinski definition) is 9. The van der Waals surface area contributed by atoms with Crippen LogP contribution in [0.25, 0.3) is 0 Å². The number of amides is 1. The Hall–Kier alpha value is -3.73. The highest BCUT2D eigenvalue weighted by Gasteiger charge is 2.41. The number of anilines is 1. The molecule has 0 aliphatic carbocycles. The van der Waals surface area contributed by atoms with E-state index in [2.05, 4.69) is 15.0 Å². The zero-order valence-electron chi connectivity index (χ0n) is 22.4. The first kappa shape index (κ1) is 31.2. The summed E-state index contributed by atoms with van der Waals surface area (Å²) < 4.78 is 74.8. The summed E-state index contributed by atoms with van der Waals surface area (Å²) in [4.78, 5) is 30.6. The minimum Gasteiger partial charge on any atom is -0.477 e. The van der Waals surface area contributed by atoms with Crippen LogP contribution in [-0.2, 0) is 32.7 Å². The van der Waals surface area contributed by atoms with Crippen LogP contribution in [0.5, 0.6) is 5.75 Å². The summed E-state index contributed by atoms with van der Waals surface area (Å²) in [5.74, 6) is -2.36. The number of carbonyl (C=O) groups is 2. The second kappa shape index (κ2) is 12.6. The molecule has 0 bridgehead atoms. The number of aromatic carboxylic acids is 1. The van der Waals surface area contributed by atoms with Gasteiger partial charge in [-0.15, -0.1) is 13.2 Å². The van der Waals surface area contributed by atoms with Crippen LogP contribution in [0.2, 0.25) is 0 Å². The largest absolute Gasteiger partial charge is 0.573 e. The van der Waals surface area contributed by atoms with Gasteiger partial charge >= 0.3 is 12.3 Å². The number of carbonyl (C=O) groups excluding carboxylic acids is 1. The zero-order chi connectivity index (χ0) is 30.7. The molecule has 11 nitrogen and oxygen atoms in total. The molecule has 4 rings (SSSR count). The predicted octanol–water partition coefficient (Wildman–Crippen LogP) is 3.39. The average molecular weight is 629 g/mol. The number of aromatic nitrogens is 1. The Morgan fingerprint density at radius 2 is 1.74 bits per heavy atom. The van der Waals surface area contributed by atoms with Crippen LogP contribution >= 0.6 is 11.3 Å². The molecule has 3 aromatic rings. The van der Waals surface area contributed by atoms with Gasteiger partial charge in [0.2, 0.25) is 15.9 Å². The second-order valence-corrected chi connectivity index (χ2v) is 12.1. The summed E-state index contributed by atoms with van der Waals surface area (Å²) in [6.45, 7) is 1.83. The van der Waals surface area contributed by atoms with Crippen LogP contribution in [-0.4, -0.2) is 73.8 Å². The van der Waals surface area contributed by atoms with Gasteiger partial charge in [0, 0.05) is 33.3 Å². The third-order valence-corrected chi connectivity index (χ3v) is 9.48. The maximum atomic E-state index is 13.6. The molecule has 16 heteroatoms. The van der Waals surface area contributed by atoms with Crippen molar-refractivity contribution in [3.8, 4) is 5.75 Å². The van der Waals surface area contributed by atoms with E-state index in [-0.39, 0.29) is 41.6 Å². The number of carboxylic acid groups (broad SMARTS) is 1. The van der Waals surface area contributed by atoms with Gasteiger partial charge in [0.15, 0.2) is 5.13 Å². The second-order valence-electron chi connectivity index (χ2n) is 9.28. The highest BCUT2D eigenvalue weighted by atomic mass is 32.2. The van der Waals surface area contributed by atoms with E-state index in [1.165, 1.54) is 0 Å². The Balaban J connectivity index is 1.59. The molecular formula is C26H27F3N4O7S2. The molecule has 1 aromatic heterocycles. The number of nitrogens with zero attached hydrogens (tertiary/aromatic N) is 3. The van der Waals surface area contributed by atoms with Gasteiger partial charge in [-0.3, -0.25) is 4.79 Å². The van der Waals surface area contributed by atoms with Crippen molar-refractivity contribution in [1.29, 1.82) is 0 Å². The minimum absolute atomic E-state index is 0.0270. The number of rotatable bonds is 10. The van der Waals surface area contributed by atoms with Crippen molar-refractivity contribution >= 4 is 38.4 Å². The summed E-state index contributed by atoms with van der Waals surface area (Å²) in [6, 6.07) is 9.71. The summed E-state index contributed by atoms with van der Waals surface area (Å²) in [5.41, 5.74) is 1.97. The van der Waals surface area contributed by atoms with E-state index in [1.54, 1.807) is 31.1 Å². The Morgan fingerprint density at radius 3 is 2.31 bits per heavy atom. The number of nitrogens with one attached hydrogen (secondary N) is 1. The summed E-state index contributed by atoms with van der Waals surface area (Å²) >= 11 is 0.914. The molecule has 1 amide bonds. The summed E-state index contributed by atoms with van der Waals surface area (Å²) in [5, 5.41) is 12.5. The molecule has 1 unspecified atom stereocenters. The molecule has 2 N–H and O–H groups in total. The van der Waals surface area contributed by atoms with E-state index in [0.29, 0.717) is 11.7 Å². The van der Waals surface area contributed by atoms with Crippen molar-refractivity contribution in [1.82, 2.24) is 14.6 Å². The number of ether oxygens (including phenoxy) is 2. The van der Waals surface area contributed by atoms with Crippen molar-refractivity contribution in [2.24, 2.45) is 0 Å². The Morgan fingerprint density at radius 1 is 1.10 bits per heavy atom. The third kappa shape index (κ3) is 7.36. The van der Waals surface area contributed by atoms with E-state index in [0.717, 1.165) is 51.0 Å². The Kier molecular flexibility index (Phi) is 9.40. The quantitative estimate of drug-likeness (QED) is 0.346. The molecule has 0 spiro atoms.